The average Bonchev–Trinajstić information content (AvgIpc) is 2.17. The summed E-state index contributed by atoms with van der Waals surface area (Å²) in [6, 6.07) is 2.63. The Labute approximate surface area is 84.9 Å². The lowest BCUT2D eigenvalue weighted by Crippen LogP contribution is -2.02. The van der Waals surface area contributed by atoms with Gasteiger partial charge in [-0.1, -0.05) is 0 Å². The van der Waals surface area contributed by atoms with Gasteiger partial charge in [-0.15, -0.1) is 11.8 Å². The van der Waals surface area contributed by atoms with Gasteiger partial charge in [0, 0.05) is 0 Å². The maximum absolute atomic E-state index is 13.5. The van der Waals surface area contributed by atoms with Gasteiger partial charge in [0.05, 0.1) is 17.6 Å². The van der Waals surface area contributed by atoms with Crippen molar-refractivity contribution in [3.05, 3.63) is 23.5 Å². The largest absolute Gasteiger partial charge is 0.494 e. The minimum absolute atomic E-state index is 0.0456. The van der Waals surface area contributed by atoms with Gasteiger partial charge in [-0.3, -0.25) is 0 Å². The van der Waals surface area contributed by atoms with Crippen molar-refractivity contribution in [2.24, 2.45) is 0 Å². The zero-order chi connectivity index (χ0) is 10.7. The van der Waals surface area contributed by atoms with Crippen molar-refractivity contribution in [2.45, 2.75) is 4.90 Å². The Balaban J connectivity index is 3.35. The van der Waals surface area contributed by atoms with Gasteiger partial charge in [-0.25, -0.2) is 9.18 Å². The summed E-state index contributed by atoms with van der Waals surface area (Å²) >= 11 is 1.04. The van der Waals surface area contributed by atoms with Crippen molar-refractivity contribution in [1.29, 1.82) is 0 Å². The quantitative estimate of drug-likeness (QED) is 0.787. The van der Waals surface area contributed by atoms with Crippen molar-refractivity contribution in [2.75, 3.05) is 13.4 Å². The topological polar surface area (TPSA) is 46.5 Å². The Bertz CT molecular complexity index is 365. The molecule has 0 spiro atoms. The van der Waals surface area contributed by atoms with E-state index in [0.29, 0.717) is 0 Å². The lowest BCUT2D eigenvalue weighted by molar-refractivity contribution is 0.0692. The van der Waals surface area contributed by atoms with E-state index >= 15 is 0 Å². The number of carbonyl (C=O) groups is 1. The monoisotopic (exact) mass is 216 g/mol. The Morgan fingerprint density at radius 2 is 2.21 bits per heavy atom. The number of hydrogen-bond acceptors (Lipinski definition) is 3. The molecule has 76 valence electrons. The SMILES string of the molecule is COc1ccc(C(=O)O)c(SC)c1F. The normalized spacial score (nSPS) is 9.93. The molecule has 0 amide bonds. The van der Waals surface area contributed by atoms with Crippen LogP contribution in [0.2, 0.25) is 0 Å². The predicted molar refractivity (Wildman–Crippen MR) is 51.7 cm³/mol. The summed E-state index contributed by atoms with van der Waals surface area (Å²) < 4.78 is 18.2. The molecule has 0 aliphatic rings. The molecule has 1 N–H and O–H groups in total. The number of benzene rings is 1. The fourth-order valence-electron chi connectivity index (χ4n) is 1.06. The first-order valence-electron chi connectivity index (χ1n) is 3.75. The number of carboxylic acid groups (broad SMARTS) is 1. The zero-order valence-electron chi connectivity index (χ0n) is 7.70. The molecule has 0 aromatic heterocycles. The third kappa shape index (κ3) is 1.82. The fraction of sp³-hybridized carbons (Fsp3) is 0.222. The Morgan fingerprint density at radius 3 is 2.64 bits per heavy atom. The third-order valence-electron chi connectivity index (χ3n) is 1.72. The van der Waals surface area contributed by atoms with E-state index in [9.17, 15) is 9.18 Å². The second kappa shape index (κ2) is 4.32. The van der Waals surface area contributed by atoms with E-state index in [0.717, 1.165) is 11.8 Å². The number of ether oxygens (including phenoxy) is 1. The molecule has 0 fully saturated rings. The van der Waals surface area contributed by atoms with Crippen LogP contribution in [0, 0.1) is 5.82 Å². The second-order valence-electron chi connectivity index (χ2n) is 2.47. The number of thioether (sulfide) groups is 1. The average molecular weight is 216 g/mol. The molecule has 3 nitrogen and oxygen atoms in total. The molecule has 1 aromatic rings. The molecule has 0 aliphatic heterocycles. The van der Waals surface area contributed by atoms with Gasteiger partial charge in [0.15, 0.2) is 11.6 Å². The van der Waals surface area contributed by atoms with E-state index < -0.39 is 11.8 Å². The maximum atomic E-state index is 13.5. The predicted octanol–water partition coefficient (Wildman–Crippen LogP) is 2.25. The third-order valence-corrected chi connectivity index (χ3v) is 2.52. The minimum Gasteiger partial charge on any atom is -0.494 e. The standard InChI is InChI=1S/C9H9FO3S/c1-13-6-4-3-5(9(11)12)8(14-2)7(6)10/h3-4H,1-2H3,(H,11,12). The van der Waals surface area contributed by atoms with Crippen LogP contribution >= 0.6 is 11.8 Å². The molecule has 0 radical (unpaired) electrons. The molecule has 0 unspecified atom stereocenters. The molecule has 0 aliphatic carbocycles. The molecular weight excluding hydrogens is 207 g/mol. The molecule has 1 rings (SSSR count). The summed E-state index contributed by atoms with van der Waals surface area (Å²) in [5.74, 6) is -1.71. The highest BCUT2D eigenvalue weighted by Crippen LogP contribution is 2.30. The van der Waals surface area contributed by atoms with Crippen LogP contribution in [0.5, 0.6) is 5.75 Å². The van der Waals surface area contributed by atoms with Crippen molar-refractivity contribution >= 4 is 17.7 Å². The number of rotatable bonds is 3. The van der Waals surface area contributed by atoms with Crippen LogP contribution in [0.3, 0.4) is 0 Å². The summed E-state index contributed by atoms with van der Waals surface area (Å²) in [7, 11) is 1.34. The highest BCUT2D eigenvalue weighted by atomic mass is 32.2. The lowest BCUT2D eigenvalue weighted by atomic mass is 10.2. The Hall–Kier alpha value is -1.23. The van der Waals surface area contributed by atoms with Gasteiger partial charge in [0.25, 0.3) is 0 Å². The van der Waals surface area contributed by atoms with Gasteiger partial charge < -0.3 is 9.84 Å². The van der Waals surface area contributed by atoms with Crippen molar-refractivity contribution in [3.8, 4) is 5.75 Å². The number of hydrogen-bond donors (Lipinski definition) is 1. The van der Waals surface area contributed by atoms with E-state index in [1.807, 2.05) is 0 Å². The molecule has 0 atom stereocenters. The minimum atomic E-state index is -1.14. The first kappa shape index (κ1) is 10.8. The molecule has 14 heavy (non-hydrogen) atoms. The summed E-state index contributed by atoms with van der Waals surface area (Å²) in [5, 5.41) is 8.76. The number of methoxy groups -OCH3 is 1. The van der Waals surface area contributed by atoms with E-state index in [4.69, 9.17) is 9.84 Å². The fourth-order valence-corrected chi connectivity index (χ4v) is 1.72. The van der Waals surface area contributed by atoms with Gasteiger partial charge in [-0.2, -0.15) is 0 Å². The van der Waals surface area contributed by atoms with Crippen molar-refractivity contribution in [1.82, 2.24) is 0 Å². The van der Waals surface area contributed by atoms with Crippen LogP contribution in [0.4, 0.5) is 4.39 Å². The van der Waals surface area contributed by atoms with Gasteiger partial charge in [0.1, 0.15) is 0 Å². The lowest BCUT2D eigenvalue weighted by Gasteiger charge is -2.07. The highest BCUT2D eigenvalue weighted by Gasteiger charge is 2.17. The van der Waals surface area contributed by atoms with E-state index in [1.165, 1.54) is 19.2 Å². The van der Waals surface area contributed by atoms with E-state index in [-0.39, 0.29) is 16.2 Å². The molecular formula is C9H9FO3S. The first-order chi connectivity index (χ1) is 6.61. The summed E-state index contributed by atoms with van der Waals surface area (Å²) in [6.45, 7) is 0. The highest BCUT2D eigenvalue weighted by molar-refractivity contribution is 7.98. The molecule has 0 heterocycles. The summed E-state index contributed by atoms with van der Waals surface area (Å²) in [6.07, 6.45) is 1.62. The number of halogens is 1. The van der Waals surface area contributed by atoms with Crippen LogP contribution in [-0.2, 0) is 0 Å². The first-order valence-corrected chi connectivity index (χ1v) is 4.98. The van der Waals surface area contributed by atoms with Crippen LogP contribution < -0.4 is 4.74 Å². The Morgan fingerprint density at radius 1 is 1.57 bits per heavy atom. The van der Waals surface area contributed by atoms with Gasteiger partial charge in [0.2, 0.25) is 0 Å². The van der Waals surface area contributed by atoms with Crippen LogP contribution in [0.15, 0.2) is 17.0 Å². The number of carboxylic acids is 1. The summed E-state index contributed by atoms with van der Waals surface area (Å²) in [4.78, 5) is 10.8. The van der Waals surface area contributed by atoms with Gasteiger partial charge in [-0.05, 0) is 18.4 Å². The van der Waals surface area contributed by atoms with Crippen molar-refractivity contribution in [3.63, 3.8) is 0 Å². The maximum Gasteiger partial charge on any atom is 0.336 e. The van der Waals surface area contributed by atoms with E-state index in [2.05, 4.69) is 0 Å². The van der Waals surface area contributed by atoms with Crippen LogP contribution in [-0.4, -0.2) is 24.4 Å². The molecule has 0 saturated heterocycles. The molecule has 5 heteroatoms. The van der Waals surface area contributed by atoms with Gasteiger partial charge >= 0.3 is 5.97 Å². The molecule has 0 bridgehead atoms. The van der Waals surface area contributed by atoms with Crippen LogP contribution in [0.25, 0.3) is 0 Å². The summed E-state index contributed by atoms with van der Waals surface area (Å²) in [5.41, 5.74) is -0.0456. The molecule has 1 aromatic carbocycles. The zero-order valence-corrected chi connectivity index (χ0v) is 8.52. The molecule has 0 saturated carbocycles. The number of aromatic carboxylic acids is 1. The second-order valence-corrected chi connectivity index (χ2v) is 3.28. The smallest absolute Gasteiger partial charge is 0.336 e. The van der Waals surface area contributed by atoms with Crippen LogP contribution in [0.1, 0.15) is 10.4 Å². The van der Waals surface area contributed by atoms with E-state index in [1.54, 1.807) is 6.26 Å². The van der Waals surface area contributed by atoms with Crippen molar-refractivity contribution < 1.29 is 19.0 Å². The Kier molecular flexibility index (Phi) is 3.35.